The number of nitrogens with zero attached hydrogens (tertiary/aromatic N) is 1. The highest BCUT2D eigenvalue weighted by Gasteiger charge is 2.19. The maximum absolute atomic E-state index is 12.9. The molecule has 1 heterocycles. The van der Waals surface area contributed by atoms with E-state index in [2.05, 4.69) is 9.71 Å². The highest BCUT2D eigenvalue weighted by molar-refractivity contribution is 7.93. The lowest BCUT2D eigenvalue weighted by molar-refractivity contribution is 0.602. The Balaban J connectivity index is 1.82. The molecule has 0 saturated heterocycles. The minimum Gasteiger partial charge on any atom is -0.280 e. The minimum absolute atomic E-state index is 0.155. The number of rotatable bonds is 3. The molecule has 4 rings (SSSR count). The van der Waals surface area contributed by atoms with E-state index in [1.165, 1.54) is 0 Å². The van der Waals surface area contributed by atoms with Crippen LogP contribution in [0.5, 0.6) is 0 Å². The zero-order valence-electron chi connectivity index (χ0n) is 13.0. The zero-order chi connectivity index (χ0) is 17.4. The van der Waals surface area contributed by atoms with Gasteiger partial charge in [0.05, 0.1) is 10.4 Å². The fourth-order valence-corrected chi connectivity index (χ4v) is 4.48. The van der Waals surface area contributed by atoms with Gasteiger partial charge in [0.1, 0.15) is 0 Å². The molecule has 0 radical (unpaired) electrons. The van der Waals surface area contributed by atoms with Crippen molar-refractivity contribution in [3.63, 3.8) is 0 Å². The van der Waals surface area contributed by atoms with E-state index < -0.39 is 10.0 Å². The number of halogens is 1. The lowest BCUT2D eigenvalue weighted by Crippen LogP contribution is -2.13. The lowest BCUT2D eigenvalue weighted by atomic mass is 10.1. The van der Waals surface area contributed by atoms with Gasteiger partial charge < -0.3 is 0 Å². The van der Waals surface area contributed by atoms with Crippen molar-refractivity contribution >= 4 is 49.0 Å². The van der Waals surface area contributed by atoms with Gasteiger partial charge in [0, 0.05) is 27.7 Å². The molecule has 4 nitrogen and oxygen atoms in total. The molecule has 4 aromatic rings. The molecule has 0 atom stereocenters. The third-order valence-electron chi connectivity index (χ3n) is 3.96. The number of hydrogen-bond acceptors (Lipinski definition) is 3. The maximum atomic E-state index is 12.9. The van der Waals surface area contributed by atoms with E-state index >= 15 is 0 Å². The van der Waals surface area contributed by atoms with Crippen molar-refractivity contribution in [3.8, 4) is 0 Å². The Morgan fingerprint density at radius 3 is 2.48 bits per heavy atom. The van der Waals surface area contributed by atoms with Gasteiger partial charge in [-0.15, -0.1) is 0 Å². The van der Waals surface area contributed by atoms with Crippen molar-refractivity contribution in [3.05, 3.63) is 77.9 Å². The predicted octanol–water partition coefficient (Wildman–Crippen LogP) is 4.84. The second kappa shape index (κ2) is 6.02. The number of nitrogens with one attached hydrogen (secondary N) is 1. The van der Waals surface area contributed by atoms with Crippen LogP contribution < -0.4 is 4.72 Å². The maximum Gasteiger partial charge on any atom is 0.262 e. The molecule has 0 aliphatic carbocycles. The number of sulfonamides is 1. The summed E-state index contributed by atoms with van der Waals surface area (Å²) in [5, 5.41) is 2.56. The van der Waals surface area contributed by atoms with Crippen LogP contribution in [-0.4, -0.2) is 13.4 Å². The zero-order valence-corrected chi connectivity index (χ0v) is 14.6. The third kappa shape index (κ3) is 2.92. The fourth-order valence-electron chi connectivity index (χ4n) is 2.84. The van der Waals surface area contributed by atoms with Crippen LogP contribution in [0.3, 0.4) is 0 Å². The Labute approximate surface area is 150 Å². The van der Waals surface area contributed by atoms with Crippen LogP contribution >= 0.6 is 11.6 Å². The van der Waals surface area contributed by atoms with Gasteiger partial charge in [0.25, 0.3) is 10.0 Å². The Morgan fingerprint density at radius 1 is 0.880 bits per heavy atom. The van der Waals surface area contributed by atoms with Gasteiger partial charge in [0.2, 0.25) is 0 Å². The van der Waals surface area contributed by atoms with Crippen LogP contribution in [-0.2, 0) is 10.0 Å². The number of hydrogen-bond donors (Lipinski definition) is 1. The van der Waals surface area contributed by atoms with Gasteiger partial charge in [-0.1, -0.05) is 41.9 Å². The van der Waals surface area contributed by atoms with Crippen molar-refractivity contribution in [1.82, 2.24) is 4.98 Å². The highest BCUT2D eigenvalue weighted by atomic mass is 35.5. The Morgan fingerprint density at radius 2 is 1.64 bits per heavy atom. The molecule has 0 amide bonds. The summed E-state index contributed by atoms with van der Waals surface area (Å²) in [6.07, 6.45) is 1.70. The van der Waals surface area contributed by atoms with E-state index in [0.29, 0.717) is 16.1 Å². The van der Waals surface area contributed by atoms with Crippen LogP contribution in [0.2, 0.25) is 5.02 Å². The number of fused-ring (bicyclic) bond motifs is 2. The smallest absolute Gasteiger partial charge is 0.262 e. The quantitative estimate of drug-likeness (QED) is 0.562. The molecule has 0 aliphatic rings. The number of pyridine rings is 1. The minimum atomic E-state index is -3.79. The Kier molecular flexibility index (Phi) is 3.82. The molecule has 6 heteroatoms. The first-order chi connectivity index (χ1) is 12.0. The van der Waals surface area contributed by atoms with E-state index in [1.807, 2.05) is 24.3 Å². The summed E-state index contributed by atoms with van der Waals surface area (Å²) >= 11 is 6.25. The van der Waals surface area contributed by atoms with E-state index in [9.17, 15) is 8.42 Å². The number of aromatic nitrogens is 1. The van der Waals surface area contributed by atoms with Crippen molar-refractivity contribution in [2.24, 2.45) is 0 Å². The van der Waals surface area contributed by atoms with Gasteiger partial charge in [0.15, 0.2) is 0 Å². The first-order valence-electron chi connectivity index (χ1n) is 7.59. The van der Waals surface area contributed by atoms with E-state index in [-0.39, 0.29) is 4.90 Å². The molecule has 1 N–H and O–H groups in total. The summed E-state index contributed by atoms with van der Waals surface area (Å²) in [5.41, 5.74) is 1.28. The van der Waals surface area contributed by atoms with Gasteiger partial charge in [-0.05, 0) is 41.8 Å². The standard InChI is InChI=1S/C19H13ClN2O2S/c20-16-7-1-4-13-5-2-8-18(19(13)16)25(23,24)22-15-9-10-17-14(12-15)6-3-11-21-17/h1-12,22H. The molecule has 0 fully saturated rings. The Bertz CT molecular complexity index is 1200. The van der Waals surface area contributed by atoms with Crippen LogP contribution in [0, 0.1) is 0 Å². The Hall–Kier alpha value is -2.63. The second-order valence-electron chi connectivity index (χ2n) is 5.61. The van der Waals surface area contributed by atoms with Crippen molar-refractivity contribution in [2.45, 2.75) is 4.90 Å². The summed E-state index contributed by atoms with van der Waals surface area (Å²) < 4.78 is 28.5. The van der Waals surface area contributed by atoms with E-state index in [1.54, 1.807) is 48.7 Å². The predicted molar refractivity (Wildman–Crippen MR) is 102 cm³/mol. The van der Waals surface area contributed by atoms with Crippen molar-refractivity contribution in [1.29, 1.82) is 0 Å². The molecule has 0 saturated carbocycles. The second-order valence-corrected chi connectivity index (χ2v) is 7.67. The molecule has 0 unspecified atom stereocenters. The summed E-state index contributed by atoms with van der Waals surface area (Å²) in [6.45, 7) is 0. The molecule has 3 aromatic carbocycles. The van der Waals surface area contributed by atoms with Gasteiger partial charge in [-0.3, -0.25) is 9.71 Å². The molecule has 124 valence electrons. The average molecular weight is 369 g/mol. The SMILES string of the molecule is O=S(=O)(Nc1ccc2ncccc2c1)c1cccc2cccc(Cl)c12. The monoisotopic (exact) mass is 368 g/mol. The molecule has 1 aromatic heterocycles. The fraction of sp³-hybridized carbons (Fsp3) is 0. The largest absolute Gasteiger partial charge is 0.280 e. The number of benzene rings is 3. The van der Waals surface area contributed by atoms with Crippen molar-refractivity contribution < 1.29 is 8.42 Å². The van der Waals surface area contributed by atoms with E-state index in [0.717, 1.165) is 16.3 Å². The van der Waals surface area contributed by atoms with Crippen LogP contribution in [0.4, 0.5) is 5.69 Å². The normalized spacial score (nSPS) is 11.7. The van der Waals surface area contributed by atoms with Crippen LogP contribution in [0.1, 0.15) is 0 Å². The average Bonchev–Trinajstić information content (AvgIpc) is 2.61. The molecule has 0 bridgehead atoms. The molecule has 0 aliphatic heterocycles. The van der Waals surface area contributed by atoms with Gasteiger partial charge in [-0.2, -0.15) is 0 Å². The molecular formula is C19H13ClN2O2S. The lowest BCUT2D eigenvalue weighted by Gasteiger charge is -2.12. The van der Waals surface area contributed by atoms with Gasteiger partial charge >= 0.3 is 0 Å². The third-order valence-corrected chi connectivity index (χ3v) is 5.70. The van der Waals surface area contributed by atoms with Crippen LogP contribution in [0.15, 0.2) is 77.8 Å². The van der Waals surface area contributed by atoms with Crippen LogP contribution in [0.25, 0.3) is 21.7 Å². The van der Waals surface area contributed by atoms with Gasteiger partial charge in [-0.25, -0.2) is 8.42 Å². The first kappa shape index (κ1) is 15.9. The summed E-state index contributed by atoms with van der Waals surface area (Å²) in [7, 11) is -3.79. The highest BCUT2D eigenvalue weighted by Crippen LogP contribution is 2.31. The molecule has 25 heavy (non-hydrogen) atoms. The topological polar surface area (TPSA) is 59.1 Å². The van der Waals surface area contributed by atoms with Crippen molar-refractivity contribution in [2.75, 3.05) is 4.72 Å². The summed E-state index contributed by atoms with van der Waals surface area (Å²) in [5.74, 6) is 0. The first-order valence-corrected chi connectivity index (χ1v) is 9.45. The summed E-state index contributed by atoms with van der Waals surface area (Å²) in [4.78, 5) is 4.39. The van der Waals surface area contributed by atoms with E-state index in [4.69, 9.17) is 11.6 Å². The summed E-state index contributed by atoms with van der Waals surface area (Å²) in [6, 6.07) is 19.3. The molecular weight excluding hydrogens is 356 g/mol. The number of anilines is 1. The molecule has 0 spiro atoms.